The van der Waals surface area contributed by atoms with Crippen molar-refractivity contribution in [1.82, 2.24) is 0 Å². The van der Waals surface area contributed by atoms with Crippen molar-refractivity contribution < 1.29 is 50.8 Å². The zero-order valence-corrected chi connectivity index (χ0v) is 16.5. The van der Waals surface area contributed by atoms with Gasteiger partial charge in [0.15, 0.2) is 0 Å². The van der Waals surface area contributed by atoms with Crippen molar-refractivity contribution in [2.45, 2.75) is 44.8 Å². The van der Waals surface area contributed by atoms with Gasteiger partial charge in [0.2, 0.25) is 0 Å². The molecule has 25 heavy (non-hydrogen) atoms. The van der Waals surface area contributed by atoms with Gasteiger partial charge in [-0.05, 0) is 37.5 Å². The smallest absolute Gasteiger partial charge is 0.372 e. The van der Waals surface area contributed by atoms with E-state index in [2.05, 4.69) is 24.6 Å². The molecule has 2 fully saturated rings. The summed E-state index contributed by atoms with van der Waals surface area (Å²) in [6.45, 7) is 1.84. The van der Waals surface area contributed by atoms with Crippen LogP contribution in [0.3, 0.4) is 0 Å². The van der Waals surface area contributed by atoms with E-state index in [1.165, 1.54) is 0 Å². The molecular formula is C11H23O11P3. The number of phosphoric ester groups is 2. The minimum Gasteiger partial charge on any atom is -0.372 e. The normalized spacial score (nSPS) is 36.8. The van der Waals surface area contributed by atoms with Crippen LogP contribution in [0.5, 0.6) is 0 Å². The monoisotopic (exact) mass is 424 g/mol. The van der Waals surface area contributed by atoms with Gasteiger partial charge in [-0.1, -0.05) is 6.92 Å². The molecule has 148 valence electrons. The second-order valence-electron chi connectivity index (χ2n) is 6.26. The van der Waals surface area contributed by atoms with E-state index in [1.807, 2.05) is 0 Å². The highest BCUT2D eigenvalue weighted by molar-refractivity contribution is 7.66. The van der Waals surface area contributed by atoms with Crippen molar-refractivity contribution in [2.24, 2.45) is 11.8 Å². The van der Waals surface area contributed by atoms with E-state index >= 15 is 0 Å². The Balaban J connectivity index is 1.78. The third kappa shape index (κ3) is 6.79. The van der Waals surface area contributed by atoms with Crippen LogP contribution in [0, 0.1) is 11.8 Å². The van der Waals surface area contributed by atoms with E-state index in [9.17, 15) is 23.5 Å². The molecule has 11 nitrogen and oxygen atoms in total. The minimum absolute atomic E-state index is 0.0815. The van der Waals surface area contributed by atoms with E-state index in [-0.39, 0.29) is 12.7 Å². The maximum Gasteiger partial charge on any atom is 0.490 e. The lowest BCUT2D eigenvalue weighted by molar-refractivity contribution is -0.0428. The van der Waals surface area contributed by atoms with Gasteiger partial charge in [-0.15, -0.1) is 0 Å². The second-order valence-corrected chi connectivity index (χ2v) is 11.0. The largest absolute Gasteiger partial charge is 0.490 e. The first kappa shape index (κ1) is 21.7. The molecule has 5 atom stereocenters. The van der Waals surface area contributed by atoms with Crippen LogP contribution in [-0.4, -0.2) is 40.6 Å². The molecule has 1 heterocycles. The minimum atomic E-state index is -5.36. The molecule has 0 aromatic carbocycles. The Bertz CT molecular complexity index is 604. The lowest BCUT2D eigenvalue weighted by atomic mass is 9.72. The highest BCUT2D eigenvalue weighted by atomic mass is 31.3. The van der Waals surface area contributed by atoms with Crippen LogP contribution in [-0.2, 0) is 36.1 Å². The zero-order valence-electron chi connectivity index (χ0n) is 13.8. The first-order chi connectivity index (χ1) is 11.4. The lowest BCUT2D eigenvalue weighted by Gasteiger charge is -2.36. The Morgan fingerprint density at radius 1 is 1.00 bits per heavy atom. The Morgan fingerprint density at radius 2 is 1.60 bits per heavy atom. The number of ether oxygens (including phenoxy) is 1. The van der Waals surface area contributed by atoms with E-state index in [4.69, 9.17) is 9.63 Å². The fraction of sp³-hybridized carbons (Fsp3) is 1.00. The highest BCUT2D eigenvalue weighted by Gasteiger charge is 2.43. The van der Waals surface area contributed by atoms with Crippen molar-refractivity contribution >= 4 is 23.5 Å². The van der Waals surface area contributed by atoms with Crippen LogP contribution in [0.4, 0.5) is 0 Å². The van der Waals surface area contributed by atoms with E-state index in [0.717, 1.165) is 26.4 Å². The maximum atomic E-state index is 11.7. The quantitative estimate of drug-likeness (QED) is 0.467. The van der Waals surface area contributed by atoms with E-state index in [1.54, 1.807) is 0 Å². The summed E-state index contributed by atoms with van der Waals surface area (Å²) >= 11 is 0. The topological polar surface area (TPSA) is 158 Å². The molecule has 2 aliphatic rings. The van der Waals surface area contributed by atoms with Gasteiger partial charge < -0.3 is 19.4 Å². The summed E-state index contributed by atoms with van der Waals surface area (Å²) in [6, 6.07) is 0. The van der Waals surface area contributed by atoms with E-state index < -0.39 is 29.6 Å². The number of phosphoric acid groups is 3. The molecule has 0 spiro atoms. The Hall–Kier alpha value is 0.370. The van der Waals surface area contributed by atoms with Gasteiger partial charge in [-0.3, -0.25) is 9.05 Å². The Morgan fingerprint density at radius 3 is 2.16 bits per heavy atom. The van der Waals surface area contributed by atoms with Crippen LogP contribution < -0.4 is 0 Å². The summed E-state index contributed by atoms with van der Waals surface area (Å²) < 4.78 is 56.3. The highest BCUT2D eigenvalue weighted by Crippen LogP contribution is 2.67. The van der Waals surface area contributed by atoms with Gasteiger partial charge in [0.1, 0.15) is 0 Å². The van der Waals surface area contributed by atoms with Crippen molar-refractivity contribution in [3.05, 3.63) is 0 Å². The fourth-order valence-electron chi connectivity index (χ4n) is 2.98. The van der Waals surface area contributed by atoms with Gasteiger partial charge in [0, 0.05) is 7.11 Å². The molecule has 0 amide bonds. The molecule has 14 heteroatoms. The van der Waals surface area contributed by atoms with Gasteiger partial charge in [0.25, 0.3) is 0 Å². The number of hydrogen-bond donors (Lipinski definition) is 3. The molecule has 3 unspecified atom stereocenters. The molecule has 1 aliphatic heterocycles. The lowest BCUT2D eigenvalue weighted by Crippen LogP contribution is -2.32. The maximum absolute atomic E-state index is 11.7. The van der Waals surface area contributed by atoms with Crippen molar-refractivity contribution in [2.75, 3.05) is 13.7 Å². The summed E-state index contributed by atoms with van der Waals surface area (Å²) in [5.41, 5.74) is 0. The Kier molecular flexibility index (Phi) is 7.08. The second kappa shape index (κ2) is 8.17. The SMILES string of the molecule is COP(=O)(O)OP(=O)(O)OP(=O)(O)OC[C@@H]1CC[C@H](C2CC(C)C2)O1. The first-order valence-electron chi connectivity index (χ1n) is 7.68. The molecule has 3 N–H and O–H groups in total. The summed E-state index contributed by atoms with van der Waals surface area (Å²) in [5, 5.41) is 0. The van der Waals surface area contributed by atoms with Gasteiger partial charge >= 0.3 is 23.5 Å². The summed E-state index contributed by atoms with van der Waals surface area (Å²) in [4.78, 5) is 27.7. The van der Waals surface area contributed by atoms with Gasteiger partial charge in [0.05, 0.1) is 18.8 Å². The summed E-state index contributed by atoms with van der Waals surface area (Å²) in [6.07, 6.45) is 3.26. The fourth-order valence-corrected chi connectivity index (χ4v) is 6.26. The molecule has 0 aromatic heterocycles. The Labute approximate surface area is 145 Å². The van der Waals surface area contributed by atoms with Crippen molar-refractivity contribution in [3.8, 4) is 0 Å². The number of hydrogen-bond acceptors (Lipinski definition) is 8. The van der Waals surface area contributed by atoms with E-state index in [0.29, 0.717) is 18.3 Å². The molecule has 2 rings (SSSR count). The van der Waals surface area contributed by atoms with Crippen molar-refractivity contribution in [3.63, 3.8) is 0 Å². The first-order valence-corrected chi connectivity index (χ1v) is 12.2. The van der Waals surface area contributed by atoms with Crippen LogP contribution >= 0.6 is 23.5 Å². The van der Waals surface area contributed by atoms with Gasteiger partial charge in [-0.2, -0.15) is 8.62 Å². The standard InChI is InChI=1S/C11H23O11P3/c1-8-5-9(6-8)11-4-3-10(20-11)7-19-24(14,15)22-25(16,17)21-23(12,13)18-2/h8-11H,3-7H2,1-2H3,(H,12,13)(H,14,15)(H,16,17)/t8?,9?,10-,11+/m0/s1. The molecule has 0 bridgehead atoms. The predicted molar refractivity (Wildman–Crippen MR) is 84.4 cm³/mol. The molecule has 0 aromatic rings. The molecule has 1 aliphatic carbocycles. The third-order valence-corrected chi connectivity index (χ3v) is 8.38. The molecule has 1 saturated carbocycles. The summed E-state index contributed by atoms with van der Waals surface area (Å²) in [5.74, 6) is 1.17. The van der Waals surface area contributed by atoms with Crippen LogP contribution in [0.25, 0.3) is 0 Å². The average Bonchev–Trinajstić information content (AvgIpc) is 2.88. The van der Waals surface area contributed by atoms with Crippen LogP contribution in [0.2, 0.25) is 0 Å². The third-order valence-electron chi connectivity index (χ3n) is 4.14. The predicted octanol–water partition coefficient (Wildman–Crippen LogP) is 2.58. The molecule has 0 radical (unpaired) electrons. The van der Waals surface area contributed by atoms with Crippen molar-refractivity contribution in [1.29, 1.82) is 0 Å². The zero-order chi connectivity index (χ0) is 18.9. The summed E-state index contributed by atoms with van der Waals surface area (Å²) in [7, 11) is -14.5. The van der Waals surface area contributed by atoms with Crippen LogP contribution in [0.1, 0.15) is 32.6 Å². The molecular weight excluding hydrogens is 401 g/mol. The number of rotatable bonds is 9. The van der Waals surface area contributed by atoms with Gasteiger partial charge in [-0.25, -0.2) is 13.7 Å². The van der Waals surface area contributed by atoms with Crippen LogP contribution in [0.15, 0.2) is 0 Å². The average molecular weight is 424 g/mol. The molecule has 1 saturated heterocycles.